The van der Waals surface area contributed by atoms with Crippen LogP contribution in [-0.4, -0.2) is 12.2 Å². The van der Waals surface area contributed by atoms with E-state index in [0.717, 1.165) is 12.2 Å². The predicted molar refractivity (Wildman–Crippen MR) is 60.6 cm³/mol. The fraction of sp³-hybridized carbons (Fsp3) is 0.385. The van der Waals surface area contributed by atoms with Crippen LogP contribution >= 0.6 is 0 Å². The van der Waals surface area contributed by atoms with Crippen LogP contribution in [0.1, 0.15) is 26.3 Å². The number of hydrogen-bond acceptors (Lipinski definition) is 0. The Morgan fingerprint density at radius 2 is 1.79 bits per heavy atom. The van der Waals surface area contributed by atoms with Gasteiger partial charge in [-0.2, -0.15) is 0 Å². The van der Waals surface area contributed by atoms with Crippen LogP contribution in [0, 0.1) is 0 Å². The lowest BCUT2D eigenvalue weighted by Gasteiger charge is -2.06. The molecule has 0 N–H and O–H groups in total. The maximum Gasteiger partial charge on any atom is 0.267 e. The fourth-order valence-corrected chi connectivity index (χ4v) is 1.62. The maximum absolute atomic E-state index is 3.92. The lowest BCUT2D eigenvalue weighted by atomic mass is 10.1. The standard InChI is InChI=1S/C13H17O/c1-10(2)11-5-7-12(8-6-11)14-9-13(14,3)4/h5-8H,1,9H2,2-4H3/q+1. The first kappa shape index (κ1) is 9.32. The maximum atomic E-state index is 3.92. The van der Waals surface area contributed by atoms with E-state index in [1.54, 1.807) is 0 Å². The third-order valence-electron chi connectivity index (χ3n) is 2.70. The van der Waals surface area contributed by atoms with E-state index in [0.29, 0.717) is 0 Å². The summed E-state index contributed by atoms with van der Waals surface area (Å²) >= 11 is 0. The molecule has 2 rings (SSSR count). The van der Waals surface area contributed by atoms with Crippen LogP contribution in [0.15, 0.2) is 30.8 Å². The minimum atomic E-state index is 0.282. The molecule has 1 aromatic carbocycles. The van der Waals surface area contributed by atoms with E-state index in [1.165, 1.54) is 11.3 Å². The molecular formula is C13H17O+. The minimum Gasteiger partial charge on any atom is -0.556 e. The summed E-state index contributed by atoms with van der Waals surface area (Å²) in [6.07, 6.45) is 0. The van der Waals surface area contributed by atoms with Crippen LogP contribution in [0.2, 0.25) is 0 Å². The SMILES string of the molecule is C=C(C)c1ccc([O+]2CC2(C)C)cc1. The van der Waals surface area contributed by atoms with Crippen LogP contribution in [0.25, 0.3) is 5.57 Å². The summed E-state index contributed by atoms with van der Waals surface area (Å²) in [6, 6.07) is 8.53. The Kier molecular flexibility index (Phi) is 1.91. The molecule has 74 valence electrons. The largest absolute Gasteiger partial charge is 0.556 e. The summed E-state index contributed by atoms with van der Waals surface area (Å²) in [7, 11) is 0. The Morgan fingerprint density at radius 1 is 1.29 bits per heavy atom. The van der Waals surface area contributed by atoms with Crippen molar-refractivity contribution in [1.82, 2.24) is 0 Å². The van der Waals surface area contributed by atoms with Crippen molar-refractivity contribution in [3.05, 3.63) is 36.4 Å². The second-order valence-corrected chi connectivity index (χ2v) is 4.60. The van der Waals surface area contributed by atoms with Crippen molar-refractivity contribution in [3.8, 4) is 5.75 Å². The highest BCUT2D eigenvalue weighted by Crippen LogP contribution is 2.47. The van der Waals surface area contributed by atoms with E-state index in [-0.39, 0.29) is 5.60 Å². The first-order valence-electron chi connectivity index (χ1n) is 4.98. The molecule has 0 bridgehead atoms. The lowest BCUT2D eigenvalue weighted by Crippen LogP contribution is -1.97. The molecule has 0 aromatic heterocycles. The summed E-state index contributed by atoms with van der Waals surface area (Å²) in [5.41, 5.74) is 2.62. The summed E-state index contributed by atoms with van der Waals surface area (Å²) in [5.74, 6) is 1.24. The molecule has 0 radical (unpaired) electrons. The molecule has 0 unspecified atom stereocenters. The Labute approximate surface area is 85.7 Å². The normalized spacial score (nSPS) is 18.1. The van der Waals surface area contributed by atoms with Crippen molar-refractivity contribution < 1.29 is 4.37 Å². The first-order valence-corrected chi connectivity index (χ1v) is 4.98. The molecule has 0 amide bonds. The van der Waals surface area contributed by atoms with Gasteiger partial charge in [-0.05, 0) is 24.6 Å². The van der Waals surface area contributed by atoms with Crippen molar-refractivity contribution >= 4 is 5.57 Å². The van der Waals surface area contributed by atoms with Crippen molar-refractivity contribution in [2.45, 2.75) is 26.4 Å². The van der Waals surface area contributed by atoms with Crippen LogP contribution in [0.3, 0.4) is 0 Å². The molecule has 1 saturated heterocycles. The van der Waals surface area contributed by atoms with E-state index in [2.05, 4.69) is 49.1 Å². The Morgan fingerprint density at radius 3 is 2.14 bits per heavy atom. The van der Waals surface area contributed by atoms with Gasteiger partial charge in [0.2, 0.25) is 0 Å². The second kappa shape index (κ2) is 2.88. The zero-order valence-corrected chi connectivity index (χ0v) is 9.13. The second-order valence-electron chi connectivity index (χ2n) is 4.60. The lowest BCUT2D eigenvalue weighted by molar-refractivity contribution is 0.124. The molecule has 1 heterocycles. The monoisotopic (exact) mass is 189 g/mol. The van der Waals surface area contributed by atoms with Gasteiger partial charge >= 0.3 is 0 Å². The Bertz CT molecular complexity index is 359. The third kappa shape index (κ3) is 1.54. The molecule has 0 spiro atoms. The summed E-state index contributed by atoms with van der Waals surface area (Å²) in [6.45, 7) is 11.5. The van der Waals surface area contributed by atoms with Gasteiger partial charge in [-0.1, -0.05) is 12.2 Å². The van der Waals surface area contributed by atoms with Gasteiger partial charge in [0.25, 0.3) is 18.0 Å². The highest BCUT2D eigenvalue weighted by Gasteiger charge is 2.53. The summed E-state index contributed by atoms with van der Waals surface area (Å²) in [5, 5.41) is 0. The zero-order chi connectivity index (χ0) is 10.3. The topological polar surface area (TPSA) is 2.70 Å². The average molecular weight is 189 g/mol. The molecule has 1 heteroatoms. The van der Waals surface area contributed by atoms with Gasteiger partial charge in [0.1, 0.15) is 0 Å². The van der Waals surface area contributed by atoms with E-state index in [9.17, 15) is 0 Å². The van der Waals surface area contributed by atoms with E-state index >= 15 is 0 Å². The van der Waals surface area contributed by atoms with Gasteiger partial charge in [0, 0.05) is 26.0 Å². The predicted octanol–water partition coefficient (Wildman–Crippen LogP) is 3.78. The fourth-order valence-electron chi connectivity index (χ4n) is 1.62. The Hall–Kier alpha value is -1.24. The molecule has 1 nitrogen and oxygen atoms in total. The Balaban J connectivity index is 2.20. The summed E-state index contributed by atoms with van der Waals surface area (Å²) < 4.78 is 3.21. The van der Waals surface area contributed by atoms with Crippen LogP contribution in [0.4, 0.5) is 0 Å². The third-order valence-corrected chi connectivity index (χ3v) is 2.70. The van der Waals surface area contributed by atoms with E-state index in [4.69, 9.17) is 0 Å². The molecule has 14 heavy (non-hydrogen) atoms. The first-order chi connectivity index (χ1) is 6.50. The number of rotatable bonds is 2. The van der Waals surface area contributed by atoms with Gasteiger partial charge in [0.05, 0.1) is 0 Å². The highest BCUT2D eigenvalue weighted by molar-refractivity contribution is 5.61. The molecule has 1 aliphatic heterocycles. The van der Waals surface area contributed by atoms with Gasteiger partial charge in [-0.3, -0.25) is 0 Å². The minimum absolute atomic E-state index is 0.282. The molecule has 0 atom stereocenters. The van der Waals surface area contributed by atoms with Gasteiger partial charge in [-0.25, -0.2) is 0 Å². The molecule has 1 aliphatic rings. The van der Waals surface area contributed by atoms with Crippen molar-refractivity contribution in [2.75, 3.05) is 6.61 Å². The van der Waals surface area contributed by atoms with E-state index < -0.39 is 0 Å². The van der Waals surface area contributed by atoms with Crippen LogP contribution in [-0.2, 0) is 4.37 Å². The van der Waals surface area contributed by atoms with Crippen LogP contribution < -0.4 is 0 Å². The van der Waals surface area contributed by atoms with Crippen molar-refractivity contribution in [2.24, 2.45) is 0 Å². The smallest absolute Gasteiger partial charge is 0.267 e. The molecule has 0 saturated carbocycles. The van der Waals surface area contributed by atoms with E-state index in [1.807, 2.05) is 6.92 Å². The number of epoxide rings is 1. The average Bonchev–Trinajstić information content (AvgIpc) is 2.75. The molecule has 1 aromatic rings. The van der Waals surface area contributed by atoms with Gasteiger partial charge < -0.3 is 4.37 Å². The number of benzene rings is 1. The number of allylic oxidation sites excluding steroid dienone is 1. The zero-order valence-electron chi connectivity index (χ0n) is 9.13. The van der Waals surface area contributed by atoms with Gasteiger partial charge in [0.15, 0.2) is 0 Å². The molecule has 1 fully saturated rings. The van der Waals surface area contributed by atoms with Crippen molar-refractivity contribution in [1.29, 1.82) is 0 Å². The molecule has 0 aliphatic carbocycles. The summed E-state index contributed by atoms with van der Waals surface area (Å²) in [4.78, 5) is 0. The highest BCUT2D eigenvalue weighted by atomic mass is 16.8. The van der Waals surface area contributed by atoms with Crippen LogP contribution in [0.5, 0.6) is 5.75 Å². The van der Waals surface area contributed by atoms with Gasteiger partial charge in [-0.15, -0.1) is 0 Å². The number of hydrogen-bond donors (Lipinski definition) is 0. The molecular weight excluding hydrogens is 172 g/mol. The van der Waals surface area contributed by atoms with Crippen molar-refractivity contribution in [3.63, 3.8) is 0 Å². The quantitative estimate of drug-likeness (QED) is 0.492.